The zero-order valence-electron chi connectivity index (χ0n) is 13.0. The Hall–Kier alpha value is -1.90. The van der Waals surface area contributed by atoms with Crippen LogP contribution in [0.1, 0.15) is 15.2 Å². The molecule has 0 unspecified atom stereocenters. The molecule has 0 spiro atoms. The van der Waals surface area contributed by atoms with Crippen molar-refractivity contribution in [2.24, 2.45) is 0 Å². The Morgan fingerprint density at radius 2 is 2.04 bits per heavy atom. The molecule has 132 valence electrons. The Balaban J connectivity index is 1.77. The topological polar surface area (TPSA) is 81.7 Å². The number of ether oxygens (including phenoxy) is 2. The molecule has 2 rings (SSSR count). The first-order chi connectivity index (χ1) is 11.9. The van der Waals surface area contributed by atoms with Gasteiger partial charge in [-0.15, -0.1) is 11.3 Å². The normalized spacial score (nSPS) is 10.2. The predicted octanol–water partition coefficient (Wildman–Crippen LogP) is 3.35. The summed E-state index contributed by atoms with van der Waals surface area (Å²) in [6, 6.07) is 6.70. The molecule has 0 atom stereocenters. The predicted molar refractivity (Wildman–Crippen MR) is 97.1 cm³/mol. The second kappa shape index (κ2) is 8.98. The molecule has 1 aromatic heterocycles. The minimum atomic E-state index is -0.753. The van der Waals surface area contributed by atoms with Crippen molar-refractivity contribution in [2.45, 2.75) is 6.92 Å². The molecule has 25 heavy (non-hydrogen) atoms. The number of rotatable bonds is 6. The van der Waals surface area contributed by atoms with Crippen LogP contribution < -0.4 is 10.1 Å². The number of carbonyl (C=O) groups is 3. The van der Waals surface area contributed by atoms with Gasteiger partial charge in [-0.05, 0) is 36.1 Å². The molecule has 0 aliphatic heterocycles. The van der Waals surface area contributed by atoms with Crippen molar-refractivity contribution < 1.29 is 23.9 Å². The first-order valence-electron chi connectivity index (χ1n) is 6.98. The molecule has 1 N–H and O–H groups in total. The summed E-state index contributed by atoms with van der Waals surface area (Å²) in [5, 5.41) is 4.18. The van der Waals surface area contributed by atoms with E-state index in [9.17, 15) is 14.4 Å². The van der Waals surface area contributed by atoms with Crippen LogP contribution in [0.25, 0.3) is 0 Å². The minimum Gasteiger partial charge on any atom is -0.480 e. The second-order valence-electron chi connectivity index (χ2n) is 4.84. The fourth-order valence-electron chi connectivity index (χ4n) is 1.82. The van der Waals surface area contributed by atoms with E-state index in [4.69, 9.17) is 21.1 Å². The zero-order valence-corrected chi connectivity index (χ0v) is 16.2. The molecule has 0 saturated heterocycles. The van der Waals surface area contributed by atoms with Gasteiger partial charge in [-0.1, -0.05) is 33.6 Å². The highest BCUT2D eigenvalue weighted by molar-refractivity contribution is 9.10. The maximum absolute atomic E-state index is 11.7. The van der Waals surface area contributed by atoms with Gasteiger partial charge >= 0.3 is 5.97 Å². The van der Waals surface area contributed by atoms with Crippen LogP contribution in [-0.2, 0) is 14.3 Å². The Bertz CT molecular complexity index is 771. The number of halogens is 2. The largest absolute Gasteiger partial charge is 0.480 e. The summed E-state index contributed by atoms with van der Waals surface area (Å²) < 4.78 is 10.9. The molecule has 2 aromatic rings. The van der Waals surface area contributed by atoms with Gasteiger partial charge in [0.2, 0.25) is 0 Å². The average molecular weight is 447 g/mol. The van der Waals surface area contributed by atoms with E-state index in [1.807, 2.05) is 0 Å². The molecular formula is C16H13BrClNO5S. The quantitative estimate of drug-likeness (QED) is 0.688. The lowest BCUT2D eigenvalue weighted by Crippen LogP contribution is -2.34. The number of hydrogen-bond acceptors (Lipinski definition) is 6. The van der Waals surface area contributed by atoms with Gasteiger partial charge in [0.05, 0.1) is 9.90 Å². The van der Waals surface area contributed by atoms with Gasteiger partial charge in [0.1, 0.15) is 5.75 Å². The van der Waals surface area contributed by atoms with Crippen LogP contribution >= 0.6 is 38.9 Å². The summed E-state index contributed by atoms with van der Waals surface area (Å²) in [6.07, 6.45) is 0. The van der Waals surface area contributed by atoms with Crippen molar-refractivity contribution in [2.75, 3.05) is 13.2 Å². The van der Waals surface area contributed by atoms with Gasteiger partial charge in [-0.25, -0.2) is 4.79 Å². The van der Waals surface area contributed by atoms with Crippen molar-refractivity contribution in [1.82, 2.24) is 5.32 Å². The number of hydrogen-bond donors (Lipinski definition) is 1. The summed E-state index contributed by atoms with van der Waals surface area (Å²) >= 11 is 10.5. The SMILES string of the molecule is Cc1cc(Br)cc(Cl)c1OCC(=O)OCC(=O)NC(=O)c1cccs1. The zero-order chi connectivity index (χ0) is 18.4. The van der Waals surface area contributed by atoms with E-state index in [2.05, 4.69) is 21.2 Å². The summed E-state index contributed by atoms with van der Waals surface area (Å²) in [5.74, 6) is -1.65. The molecular weight excluding hydrogens is 434 g/mol. The fourth-order valence-corrected chi connectivity index (χ4v) is 3.47. The van der Waals surface area contributed by atoms with Gasteiger partial charge in [0, 0.05) is 4.47 Å². The van der Waals surface area contributed by atoms with Gasteiger partial charge < -0.3 is 9.47 Å². The summed E-state index contributed by atoms with van der Waals surface area (Å²) in [4.78, 5) is 35.3. The maximum Gasteiger partial charge on any atom is 0.344 e. The highest BCUT2D eigenvalue weighted by Crippen LogP contribution is 2.31. The van der Waals surface area contributed by atoms with Crippen LogP contribution in [0.15, 0.2) is 34.1 Å². The van der Waals surface area contributed by atoms with Crippen molar-refractivity contribution >= 4 is 56.7 Å². The van der Waals surface area contributed by atoms with E-state index in [0.29, 0.717) is 15.6 Å². The second-order valence-corrected chi connectivity index (χ2v) is 7.11. The molecule has 0 saturated carbocycles. The van der Waals surface area contributed by atoms with E-state index in [1.54, 1.807) is 36.6 Å². The lowest BCUT2D eigenvalue weighted by atomic mass is 10.2. The van der Waals surface area contributed by atoms with Gasteiger partial charge in [-0.2, -0.15) is 0 Å². The van der Waals surface area contributed by atoms with Crippen molar-refractivity contribution in [3.05, 3.63) is 49.6 Å². The van der Waals surface area contributed by atoms with Crippen LogP contribution in [0, 0.1) is 6.92 Å². The van der Waals surface area contributed by atoms with Crippen LogP contribution in [0.5, 0.6) is 5.75 Å². The lowest BCUT2D eigenvalue weighted by Gasteiger charge is -2.11. The Kier molecular flexibility index (Phi) is 6.98. The van der Waals surface area contributed by atoms with Crippen LogP contribution in [0.3, 0.4) is 0 Å². The number of benzene rings is 1. The van der Waals surface area contributed by atoms with Crippen LogP contribution in [-0.4, -0.2) is 31.0 Å². The Morgan fingerprint density at radius 3 is 2.68 bits per heavy atom. The van der Waals surface area contributed by atoms with E-state index in [0.717, 1.165) is 10.0 Å². The average Bonchev–Trinajstić information content (AvgIpc) is 3.06. The third kappa shape index (κ3) is 5.84. The smallest absolute Gasteiger partial charge is 0.344 e. The summed E-state index contributed by atoms with van der Waals surface area (Å²) in [5.41, 5.74) is 0.742. The molecule has 1 heterocycles. The van der Waals surface area contributed by atoms with E-state index in [1.165, 1.54) is 11.3 Å². The van der Waals surface area contributed by atoms with E-state index < -0.39 is 31.0 Å². The number of nitrogens with one attached hydrogen (secondary N) is 1. The number of aryl methyl sites for hydroxylation is 1. The minimum absolute atomic E-state index is 0.346. The molecule has 0 radical (unpaired) electrons. The molecule has 9 heteroatoms. The first-order valence-corrected chi connectivity index (χ1v) is 9.03. The van der Waals surface area contributed by atoms with Crippen molar-refractivity contribution in [3.8, 4) is 5.75 Å². The molecule has 0 fully saturated rings. The summed E-state index contributed by atoms with van der Waals surface area (Å²) in [7, 11) is 0. The molecule has 0 aliphatic carbocycles. The Morgan fingerprint density at radius 1 is 1.28 bits per heavy atom. The lowest BCUT2D eigenvalue weighted by molar-refractivity contribution is -0.150. The molecule has 2 amide bonds. The van der Waals surface area contributed by atoms with Crippen LogP contribution in [0.2, 0.25) is 5.02 Å². The van der Waals surface area contributed by atoms with E-state index in [-0.39, 0.29) is 0 Å². The Labute approximate surface area is 161 Å². The van der Waals surface area contributed by atoms with Gasteiger partial charge in [-0.3, -0.25) is 14.9 Å². The number of esters is 1. The molecule has 6 nitrogen and oxygen atoms in total. The number of carbonyl (C=O) groups excluding carboxylic acids is 3. The molecule has 0 bridgehead atoms. The molecule has 1 aromatic carbocycles. The monoisotopic (exact) mass is 445 g/mol. The number of imide groups is 1. The maximum atomic E-state index is 11.7. The summed E-state index contributed by atoms with van der Waals surface area (Å²) in [6.45, 7) is 0.793. The van der Waals surface area contributed by atoms with E-state index >= 15 is 0 Å². The van der Waals surface area contributed by atoms with Crippen molar-refractivity contribution in [1.29, 1.82) is 0 Å². The van der Waals surface area contributed by atoms with Gasteiger partial charge in [0.15, 0.2) is 13.2 Å². The highest BCUT2D eigenvalue weighted by Gasteiger charge is 2.15. The fraction of sp³-hybridized carbons (Fsp3) is 0.188. The third-order valence-corrected chi connectivity index (χ3v) is 4.50. The standard InChI is InChI=1S/C16H13BrClNO5S/c1-9-5-10(17)6-11(18)15(9)24-8-14(21)23-7-13(20)19-16(22)12-3-2-4-25-12/h2-6H,7-8H2,1H3,(H,19,20,22). The number of amides is 2. The van der Waals surface area contributed by atoms with Crippen LogP contribution in [0.4, 0.5) is 0 Å². The third-order valence-electron chi connectivity index (χ3n) is 2.89. The highest BCUT2D eigenvalue weighted by atomic mass is 79.9. The molecule has 0 aliphatic rings. The first kappa shape index (κ1) is 19.4. The van der Waals surface area contributed by atoms with Crippen molar-refractivity contribution in [3.63, 3.8) is 0 Å². The van der Waals surface area contributed by atoms with Gasteiger partial charge in [0.25, 0.3) is 11.8 Å². The number of thiophene rings is 1.